The number of Topliss-reactive ketones (excluding diaryl/α,β-unsaturated/α-hetero) is 2. The Morgan fingerprint density at radius 3 is 2.29 bits per heavy atom. The number of hydrogen-bond donors (Lipinski definition) is 5. The molecule has 1 aliphatic heterocycles. The van der Waals surface area contributed by atoms with Crippen LogP contribution in [-0.4, -0.2) is 160 Å². The average Bonchev–Trinajstić information content (AvgIpc) is 3.95. The van der Waals surface area contributed by atoms with E-state index >= 15 is 0 Å². The number of aliphatic carboxylic acids is 1. The van der Waals surface area contributed by atoms with Crippen LogP contribution >= 0.6 is 23.1 Å². The Hall–Kier alpha value is -5.29. The molecule has 1 saturated heterocycles. The molecule has 2 heterocycles. The lowest BCUT2D eigenvalue weighted by Gasteiger charge is -2.38. The number of benzene rings is 1. The van der Waals surface area contributed by atoms with Crippen LogP contribution < -0.4 is 16.4 Å². The highest BCUT2D eigenvalue weighted by Gasteiger charge is 2.40. The van der Waals surface area contributed by atoms with Crippen LogP contribution in [0.5, 0.6) is 5.75 Å². The fourth-order valence-corrected chi connectivity index (χ4v) is 10.2. The zero-order chi connectivity index (χ0) is 56.5. The van der Waals surface area contributed by atoms with Crippen LogP contribution in [0.1, 0.15) is 134 Å². The van der Waals surface area contributed by atoms with E-state index in [0.717, 1.165) is 16.2 Å². The van der Waals surface area contributed by atoms with Crippen LogP contribution in [0.4, 0.5) is 5.69 Å². The number of anilines is 1. The van der Waals surface area contributed by atoms with Crippen LogP contribution in [0.2, 0.25) is 0 Å². The van der Waals surface area contributed by atoms with E-state index in [-0.39, 0.29) is 129 Å². The molecule has 0 saturated carbocycles. The Labute approximate surface area is 450 Å². The number of esters is 1. The molecule has 1 aromatic heterocycles. The van der Waals surface area contributed by atoms with Crippen LogP contribution in [0.3, 0.4) is 0 Å². The standard InChI is InChI=1S/C53H81N7O13S2/c1-13-31(4)37(25-45(64)53(7,8)58(9)10)50(68)59(11)40(30(2)3)26-43(73-33(6)61)49-57-39(29-75-49)48(67)55-36(21-32(5)42(63)24-35(52(70)71)28-72-20-18-54)22-34-16-17-41(62)38(23-34)56-46(65)15-14-19-60-47(66)27-44(74-12)51(60)69/h16-17,23,29-32,35-37,40,43-44,62H,13-15,18-22,24-28,54H2,1-12H3,(H,55,67)(H,56,65)(H,70,71)/p+1/t31-,32?,35-,36+,37-,40+,43+,44?/m0/s1. The number of aromatic nitrogens is 1. The van der Waals surface area contributed by atoms with Gasteiger partial charge in [0.05, 0.1) is 42.2 Å². The van der Waals surface area contributed by atoms with Gasteiger partial charge in [0.25, 0.3) is 5.91 Å². The average molecular weight is 1090 g/mol. The predicted octanol–water partition coefficient (Wildman–Crippen LogP) is 4.78. The molecule has 2 unspecified atom stereocenters. The second-order valence-electron chi connectivity index (χ2n) is 20.7. The Bertz CT molecular complexity index is 2320. The summed E-state index contributed by atoms with van der Waals surface area (Å²) in [5.74, 6) is -7.07. The van der Waals surface area contributed by atoms with Gasteiger partial charge in [-0.1, -0.05) is 47.1 Å². The predicted molar refractivity (Wildman–Crippen MR) is 286 cm³/mol. The third-order valence-corrected chi connectivity index (χ3v) is 16.2. The minimum atomic E-state index is -1.19. The monoisotopic (exact) mass is 1090 g/mol. The van der Waals surface area contributed by atoms with Crippen molar-refractivity contribution in [3.63, 3.8) is 0 Å². The molecule has 8 atom stereocenters. The maximum Gasteiger partial charge on any atom is 0.309 e. The van der Waals surface area contributed by atoms with Crippen molar-refractivity contribution in [1.29, 1.82) is 0 Å². The van der Waals surface area contributed by atoms with Gasteiger partial charge < -0.3 is 41.0 Å². The molecule has 0 aliphatic carbocycles. The van der Waals surface area contributed by atoms with Crippen molar-refractivity contribution in [1.82, 2.24) is 25.0 Å². The first-order valence-corrected chi connectivity index (χ1v) is 27.9. The minimum absolute atomic E-state index is 0.0195. The van der Waals surface area contributed by atoms with Gasteiger partial charge in [-0.05, 0) is 83.0 Å². The van der Waals surface area contributed by atoms with Gasteiger partial charge in [0.15, 0.2) is 11.9 Å². The summed E-state index contributed by atoms with van der Waals surface area (Å²) in [5.41, 5.74) is 3.49. The summed E-state index contributed by atoms with van der Waals surface area (Å²) >= 11 is 2.39. The molecule has 5 amide bonds. The van der Waals surface area contributed by atoms with E-state index in [0.29, 0.717) is 23.5 Å². The van der Waals surface area contributed by atoms with E-state index in [2.05, 4.69) is 21.4 Å². The SMILES string of the molecule is CC[C@H](C)[C@H](CC(=O)C(C)(C)N(C)C)C(=O)N(C)[C@H](C[C@@H](OC(C)=O)c1nc(C(=O)N[C@@H](Cc2ccc(O)c(NC(=O)CCCN3C(=O)CC(SC)C3=O)c2)CC(C)C(=O)C[C@@H](COCC[NH3+])C(=O)O)cs1)C(C)C. The summed E-state index contributed by atoms with van der Waals surface area (Å²) in [6.45, 7) is 14.9. The van der Waals surface area contributed by atoms with Gasteiger partial charge in [0.1, 0.15) is 22.2 Å². The third kappa shape index (κ3) is 18.7. The number of thioether (sulfide) groups is 1. The number of carboxylic acid groups (broad SMARTS) is 1. The molecule has 1 aliphatic rings. The molecule has 2 aromatic rings. The molecule has 1 aromatic carbocycles. The Morgan fingerprint density at radius 2 is 1.72 bits per heavy atom. The number of amides is 5. The van der Waals surface area contributed by atoms with Gasteiger partial charge in [-0.25, -0.2) is 4.98 Å². The molecule has 0 radical (unpaired) electrons. The molecule has 3 rings (SSSR count). The van der Waals surface area contributed by atoms with E-state index < -0.39 is 70.5 Å². The lowest BCUT2D eigenvalue weighted by molar-refractivity contribution is -0.374. The number of hydrogen-bond acceptors (Lipinski definition) is 16. The van der Waals surface area contributed by atoms with Gasteiger partial charge in [-0.15, -0.1) is 11.3 Å². The van der Waals surface area contributed by atoms with Gasteiger partial charge in [0, 0.05) is 81.9 Å². The van der Waals surface area contributed by atoms with Crippen LogP contribution in [-0.2, 0) is 54.3 Å². The Balaban J connectivity index is 1.91. The maximum absolute atomic E-state index is 14.4. The van der Waals surface area contributed by atoms with E-state index in [9.17, 15) is 53.4 Å². The van der Waals surface area contributed by atoms with Crippen LogP contribution in [0, 0.1) is 29.6 Å². The van der Waals surface area contributed by atoms with Crippen LogP contribution in [0.25, 0.3) is 0 Å². The van der Waals surface area contributed by atoms with E-state index in [1.807, 2.05) is 60.5 Å². The van der Waals surface area contributed by atoms with Crippen molar-refractivity contribution in [3.8, 4) is 5.75 Å². The van der Waals surface area contributed by atoms with Crippen molar-refractivity contribution < 1.29 is 68.6 Å². The number of likely N-dealkylation sites (tertiary alicyclic amines) is 1. The van der Waals surface area contributed by atoms with Crippen molar-refractivity contribution in [3.05, 3.63) is 39.8 Å². The van der Waals surface area contributed by atoms with Crippen molar-refractivity contribution in [2.75, 3.05) is 59.0 Å². The molecule has 418 valence electrons. The molecule has 0 spiro atoms. The number of nitrogens with one attached hydrogen (secondary N) is 2. The molecule has 0 bridgehead atoms. The lowest BCUT2D eigenvalue weighted by atomic mass is 9.81. The summed E-state index contributed by atoms with van der Waals surface area (Å²) in [4.78, 5) is 128. The van der Waals surface area contributed by atoms with Crippen LogP contribution in [0.15, 0.2) is 23.6 Å². The number of ether oxygens (including phenoxy) is 2. The second-order valence-corrected chi connectivity index (χ2v) is 22.6. The molecular weight excluding hydrogens is 1010 g/mol. The number of phenolic OH excluding ortho intramolecular Hbond substituents is 1. The highest BCUT2D eigenvalue weighted by molar-refractivity contribution is 8.00. The lowest BCUT2D eigenvalue weighted by Crippen LogP contribution is -2.52. The zero-order valence-electron chi connectivity index (χ0n) is 45.9. The zero-order valence-corrected chi connectivity index (χ0v) is 47.5. The highest BCUT2D eigenvalue weighted by Crippen LogP contribution is 2.34. The summed E-state index contributed by atoms with van der Waals surface area (Å²) < 4.78 is 11.2. The summed E-state index contributed by atoms with van der Waals surface area (Å²) in [6.07, 6.45) is 1.70. The number of phenols is 1. The molecule has 7 N–H and O–H groups in total. The van der Waals surface area contributed by atoms with E-state index in [1.165, 1.54) is 36.2 Å². The molecule has 20 nitrogen and oxygen atoms in total. The second kappa shape index (κ2) is 29.9. The first kappa shape index (κ1) is 64.0. The number of carbonyl (C=O) groups excluding carboxylic acids is 8. The number of nitrogens with zero attached hydrogens (tertiary/aromatic N) is 4. The fraction of sp³-hybridized carbons (Fsp3) is 0.660. The quantitative estimate of drug-likeness (QED) is 0.0278. The van der Waals surface area contributed by atoms with Gasteiger partial charge in [-0.2, -0.15) is 11.8 Å². The highest BCUT2D eigenvalue weighted by atomic mass is 32.2. The normalized spacial score (nSPS) is 16.7. The number of aromatic hydroxyl groups is 1. The van der Waals surface area contributed by atoms with Gasteiger partial charge in [0.2, 0.25) is 23.6 Å². The number of likely N-dealkylation sites (N-methyl/N-ethyl adjacent to an activating group) is 1. The number of rotatable bonds is 33. The third-order valence-electron chi connectivity index (χ3n) is 14.3. The summed E-state index contributed by atoms with van der Waals surface area (Å²) in [6, 6.07) is 3.23. The number of quaternary nitrogens is 1. The smallest absolute Gasteiger partial charge is 0.309 e. The number of thiazole rings is 1. The van der Waals surface area contributed by atoms with Gasteiger partial charge in [-0.3, -0.25) is 53.0 Å². The maximum atomic E-state index is 14.4. The number of carbonyl (C=O) groups is 9. The summed E-state index contributed by atoms with van der Waals surface area (Å²) in [7, 11) is 5.34. The Morgan fingerprint density at radius 1 is 1.04 bits per heavy atom. The number of ketones is 2. The summed E-state index contributed by atoms with van der Waals surface area (Å²) in [5, 5.41) is 27.7. The first-order chi connectivity index (χ1) is 35.2. The molecular formula is C53H82N7O13S2+. The Kier molecular flexibility index (Phi) is 25.5. The first-order valence-electron chi connectivity index (χ1n) is 25.7. The molecule has 22 heteroatoms. The van der Waals surface area contributed by atoms with Crippen molar-refractivity contribution in [2.24, 2.45) is 29.6 Å². The minimum Gasteiger partial charge on any atom is -0.506 e. The van der Waals surface area contributed by atoms with Gasteiger partial charge >= 0.3 is 11.9 Å². The largest absolute Gasteiger partial charge is 0.506 e. The van der Waals surface area contributed by atoms with E-state index in [1.54, 1.807) is 31.2 Å². The van der Waals surface area contributed by atoms with Crippen molar-refractivity contribution in [2.45, 2.75) is 142 Å². The fourth-order valence-electron chi connectivity index (χ4n) is 8.75. The van der Waals surface area contributed by atoms with E-state index in [4.69, 9.17) is 9.47 Å². The number of imide groups is 1. The van der Waals surface area contributed by atoms with Crippen molar-refractivity contribution >= 4 is 81.8 Å². The molecule has 1 fully saturated rings. The topological polar surface area (TPSA) is 287 Å². The molecule has 75 heavy (non-hydrogen) atoms. The number of carboxylic acids is 1.